The Hall–Kier alpha value is -6.10. The van der Waals surface area contributed by atoms with Gasteiger partial charge in [-0.2, -0.15) is 0 Å². The highest BCUT2D eigenvalue weighted by atomic mass is 16.4. The number of aromatic hydroxyl groups is 8. The molecule has 0 aliphatic heterocycles. The van der Waals surface area contributed by atoms with Gasteiger partial charge in [0.25, 0.3) is 0 Å². The van der Waals surface area contributed by atoms with Crippen molar-refractivity contribution in [2.45, 2.75) is 25.2 Å². The lowest BCUT2D eigenvalue weighted by Gasteiger charge is -2.37. The lowest BCUT2D eigenvalue weighted by Crippen LogP contribution is -2.31. The lowest BCUT2D eigenvalue weighted by molar-refractivity contribution is 0.0876. The van der Waals surface area contributed by atoms with Crippen molar-refractivity contribution < 1.29 is 50.1 Å². The van der Waals surface area contributed by atoms with E-state index >= 15 is 0 Å². The molecule has 0 saturated carbocycles. The van der Waals surface area contributed by atoms with E-state index in [1.165, 1.54) is 54.6 Å². The van der Waals surface area contributed by atoms with Crippen molar-refractivity contribution >= 4 is 16.8 Å². The van der Waals surface area contributed by atoms with Crippen molar-refractivity contribution in [1.82, 2.24) is 0 Å². The van der Waals surface area contributed by atoms with Crippen LogP contribution in [0.4, 0.5) is 0 Å². The molecule has 6 rings (SSSR count). The monoisotopic (exact) mass is 624 g/mol. The second-order valence-electron chi connectivity index (χ2n) is 11.4. The van der Waals surface area contributed by atoms with E-state index in [4.69, 9.17) is 4.42 Å². The van der Waals surface area contributed by atoms with Gasteiger partial charge in [0.15, 0.2) is 11.5 Å². The smallest absolute Gasteiger partial charge is 0.235 e. The third-order valence-electron chi connectivity index (χ3n) is 8.41. The summed E-state index contributed by atoms with van der Waals surface area (Å²) in [6.45, 7) is 1.76. The Morgan fingerprint density at radius 1 is 0.739 bits per heavy atom. The van der Waals surface area contributed by atoms with Crippen molar-refractivity contribution in [1.29, 1.82) is 0 Å². The van der Waals surface area contributed by atoms with E-state index in [-0.39, 0.29) is 62.6 Å². The fourth-order valence-corrected chi connectivity index (χ4v) is 6.33. The van der Waals surface area contributed by atoms with Crippen LogP contribution in [0.3, 0.4) is 0 Å². The number of carbonyl (C=O) groups excluding carboxylic acids is 1. The van der Waals surface area contributed by atoms with Crippen molar-refractivity contribution in [2.24, 2.45) is 5.92 Å². The topological polar surface area (TPSA) is 209 Å². The summed E-state index contributed by atoms with van der Waals surface area (Å²) in [5.41, 5.74) is -0.476. The van der Waals surface area contributed by atoms with Gasteiger partial charge in [-0.1, -0.05) is 17.7 Å². The average molecular weight is 625 g/mol. The van der Waals surface area contributed by atoms with Gasteiger partial charge in [-0.3, -0.25) is 9.59 Å². The number of phenolic OH excluding ortho intramolecular Hbond substituents is 7. The zero-order valence-electron chi connectivity index (χ0n) is 24.2. The zero-order chi connectivity index (χ0) is 33.0. The highest BCUT2D eigenvalue weighted by molar-refractivity contribution is 6.02. The third kappa shape index (κ3) is 4.97. The Morgan fingerprint density at radius 2 is 1.39 bits per heavy atom. The quantitative estimate of drug-likeness (QED) is 0.0862. The van der Waals surface area contributed by atoms with Gasteiger partial charge in [0.05, 0.1) is 16.5 Å². The normalized spacial score (nSPS) is 17.9. The van der Waals surface area contributed by atoms with Crippen LogP contribution in [-0.4, -0.2) is 46.6 Å². The molecule has 5 aromatic rings. The number of phenols is 7. The second kappa shape index (κ2) is 11.1. The van der Waals surface area contributed by atoms with Gasteiger partial charge >= 0.3 is 0 Å². The molecule has 1 aliphatic rings. The first kappa shape index (κ1) is 29.9. The lowest BCUT2D eigenvalue weighted by atomic mass is 9.65. The van der Waals surface area contributed by atoms with Crippen molar-refractivity contribution in [3.8, 4) is 57.3 Å². The molecular weight excluding hydrogens is 596 g/mol. The maximum Gasteiger partial charge on any atom is 0.235 e. The van der Waals surface area contributed by atoms with E-state index in [9.17, 15) is 50.4 Å². The molecule has 0 amide bonds. The Kier molecular flexibility index (Phi) is 7.24. The van der Waals surface area contributed by atoms with Crippen molar-refractivity contribution in [3.63, 3.8) is 0 Å². The van der Waals surface area contributed by atoms with Gasteiger partial charge < -0.3 is 45.3 Å². The third-order valence-corrected chi connectivity index (χ3v) is 8.41. The highest BCUT2D eigenvalue weighted by Gasteiger charge is 2.43. The number of Topliss-reactive ketones (excluding diaryl/α,β-unsaturated/α-hetero) is 1. The van der Waals surface area contributed by atoms with Crippen LogP contribution in [0.1, 0.15) is 46.7 Å². The number of fused-ring (bicyclic) bond motifs is 1. The average Bonchev–Trinajstić information content (AvgIpc) is 2.99. The Labute approximate surface area is 260 Å². The van der Waals surface area contributed by atoms with E-state index in [2.05, 4.69) is 0 Å². The van der Waals surface area contributed by atoms with E-state index in [0.29, 0.717) is 5.57 Å². The highest BCUT2D eigenvalue weighted by Crippen LogP contribution is 2.54. The minimum Gasteiger partial charge on any atom is -0.508 e. The molecular formula is C35H28O11. The van der Waals surface area contributed by atoms with Crippen LogP contribution in [0, 0.1) is 5.92 Å². The van der Waals surface area contributed by atoms with Gasteiger partial charge in [-0.05, 0) is 61.4 Å². The number of allylic oxidation sites excluding steroid dienone is 2. The summed E-state index contributed by atoms with van der Waals surface area (Å²) < 4.78 is 5.76. The second-order valence-corrected chi connectivity index (χ2v) is 11.4. The Morgan fingerprint density at radius 3 is 2.09 bits per heavy atom. The first-order valence-corrected chi connectivity index (χ1v) is 14.1. The van der Waals surface area contributed by atoms with Crippen LogP contribution in [0.15, 0.2) is 87.6 Å². The molecule has 46 heavy (non-hydrogen) atoms. The molecule has 8 N–H and O–H groups in total. The molecule has 0 saturated heterocycles. The van der Waals surface area contributed by atoms with Crippen molar-refractivity contribution in [3.05, 3.63) is 105 Å². The fourth-order valence-electron chi connectivity index (χ4n) is 6.33. The van der Waals surface area contributed by atoms with E-state index in [1.807, 2.05) is 0 Å². The van der Waals surface area contributed by atoms with Gasteiger partial charge in [-0.25, -0.2) is 0 Å². The van der Waals surface area contributed by atoms with E-state index in [0.717, 1.165) is 12.1 Å². The molecule has 0 radical (unpaired) electrons. The molecule has 0 fully saturated rings. The summed E-state index contributed by atoms with van der Waals surface area (Å²) in [5.74, 6) is -7.68. The molecule has 11 nitrogen and oxygen atoms in total. The number of carbonyl (C=O) groups is 1. The van der Waals surface area contributed by atoms with Crippen LogP contribution < -0.4 is 5.43 Å². The molecule has 1 aromatic heterocycles. The first-order chi connectivity index (χ1) is 21.8. The zero-order valence-corrected chi connectivity index (χ0v) is 24.2. The summed E-state index contributed by atoms with van der Waals surface area (Å²) >= 11 is 0. The SMILES string of the molecule is CC1=C[C@@H](c2c(O)ccc(-c3oc4cc(O)ccc4c(=O)c3O)c2O)[C@H](C(=O)c2ccc(O)cc2O)[C@@H](c2ccc(O)cc2O)C1. The van der Waals surface area contributed by atoms with Crippen LogP contribution in [0.2, 0.25) is 0 Å². The standard InChI is InChI=1S/C35H28O11/c1-15-10-23(19-5-2-16(36)12-26(19)40)29(31(42)20-6-3-17(37)13-27(20)41)24(11-15)30-25(39)9-8-22(32(30)43)35-34(45)33(44)21-7-4-18(38)14-28(21)46-35/h2-9,11-14,23-24,29,36-41,43,45H,10H2,1H3/t23-,24-,29-/m1/s1. The maximum atomic E-state index is 14.4. The summed E-state index contributed by atoms with van der Waals surface area (Å²) in [4.78, 5) is 27.3. The maximum absolute atomic E-state index is 14.4. The van der Waals surface area contributed by atoms with Gasteiger partial charge in [0, 0.05) is 41.5 Å². The largest absolute Gasteiger partial charge is 0.508 e. The fraction of sp³-hybridized carbons (Fsp3) is 0.143. The molecule has 1 heterocycles. The molecule has 3 atom stereocenters. The molecule has 234 valence electrons. The van der Waals surface area contributed by atoms with Crippen LogP contribution >= 0.6 is 0 Å². The number of benzene rings is 4. The molecule has 0 spiro atoms. The predicted molar refractivity (Wildman–Crippen MR) is 166 cm³/mol. The van der Waals surface area contributed by atoms with Crippen LogP contribution in [0.5, 0.6) is 46.0 Å². The molecule has 11 heteroatoms. The van der Waals surface area contributed by atoms with Crippen LogP contribution in [-0.2, 0) is 0 Å². The van der Waals surface area contributed by atoms with Gasteiger partial charge in [-0.15, -0.1) is 0 Å². The summed E-state index contributed by atoms with van der Waals surface area (Å²) in [7, 11) is 0. The van der Waals surface area contributed by atoms with E-state index < -0.39 is 57.7 Å². The number of ketones is 1. The first-order valence-electron chi connectivity index (χ1n) is 14.1. The van der Waals surface area contributed by atoms with Gasteiger partial charge in [0.2, 0.25) is 11.2 Å². The minimum atomic E-state index is -1.20. The molecule has 0 bridgehead atoms. The Balaban J connectivity index is 1.59. The molecule has 4 aromatic carbocycles. The summed E-state index contributed by atoms with van der Waals surface area (Å²) in [6.07, 6.45) is 1.89. The van der Waals surface area contributed by atoms with Crippen LogP contribution in [0.25, 0.3) is 22.3 Å². The summed E-state index contributed by atoms with van der Waals surface area (Å²) in [6, 6.07) is 13.5. The minimum absolute atomic E-state index is 0.0284. The number of hydrogen-bond acceptors (Lipinski definition) is 11. The molecule has 1 aliphatic carbocycles. The van der Waals surface area contributed by atoms with Gasteiger partial charge in [0.1, 0.15) is 45.8 Å². The van der Waals surface area contributed by atoms with Crippen molar-refractivity contribution in [2.75, 3.05) is 0 Å². The van der Waals surface area contributed by atoms with E-state index in [1.54, 1.807) is 13.0 Å². The predicted octanol–water partition coefficient (Wildman–Crippen LogP) is 5.82. The Bertz CT molecular complexity index is 2140. The number of hydrogen-bond donors (Lipinski definition) is 8. The number of rotatable bonds is 5. The summed E-state index contributed by atoms with van der Waals surface area (Å²) in [5, 5.41) is 85.0. The molecule has 0 unspecified atom stereocenters.